The minimum atomic E-state index is -0.464. The molecule has 3 aromatic rings. The summed E-state index contributed by atoms with van der Waals surface area (Å²) < 4.78 is 4.98. The van der Waals surface area contributed by atoms with Crippen LogP contribution >= 0.6 is 0 Å². The number of nitrogens with one attached hydrogen (secondary N) is 1. The number of esters is 1. The summed E-state index contributed by atoms with van der Waals surface area (Å²) in [6.07, 6.45) is 0.257. The molecule has 0 aliphatic rings. The molecule has 0 spiro atoms. The lowest BCUT2D eigenvalue weighted by atomic mass is 10.1. The zero-order valence-electron chi connectivity index (χ0n) is 19.0. The molecule has 2 aromatic carbocycles. The molecule has 1 heterocycles. The number of benzene rings is 2. The summed E-state index contributed by atoms with van der Waals surface area (Å²) >= 11 is 0. The summed E-state index contributed by atoms with van der Waals surface area (Å²) in [5, 5.41) is 2.79. The molecule has 0 atom stereocenters. The van der Waals surface area contributed by atoms with Gasteiger partial charge >= 0.3 is 5.97 Å². The first-order valence-electron chi connectivity index (χ1n) is 10.8. The van der Waals surface area contributed by atoms with Crippen molar-refractivity contribution in [2.45, 2.75) is 27.2 Å². The SMILES string of the molecule is CCOC(=O)c1ccc(C(=O)Nc2ccc(CC(=O)N(CC)c3ccccc3)cc2)nc1C. The quantitative estimate of drug-likeness (QED) is 0.519. The van der Waals surface area contributed by atoms with Crippen molar-refractivity contribution in [3.05, 3.63) is 89.2 Å². The molecule has 0 saturated heterocycles. The Morgan fingerprint density at radius 1 is 0.939 bits per heavy atom. The average molecular weight is 446 g/mol. The first kappa shape index (κ1) is 23.7. The number of likely N-dealkylation sites (N-methyl/N-ethyl adjacent to an activating group) is 1. The van der Waals surface area contributed by atoms with Gasteiger partial charge in [0.05, 0.1) is 24.3 Å². The van der Waals surface area contributed by atoms with Crippen LogP contribution in [0.3, 0.4) is 0 Å². The molecule has 2 amide bonds. The van der Waals surface area contributed by atoms with E-state index in [1.165, 1.54) is 12.1 Å². The number of carbonyl (C=O) groups is 3. The number of pyridine rings is 1. The number of para-hydroxylation sites is 1. The van der Waals surface area contributed by atoms with E-state index in [1.54, 1.807) is 30.9 Å². The van der Waals surface area contributed by atoms with Crippen LogP contribution in [-0.2, 0) is 16.0 Å². The van der Waals surface area contributed by atoms with Gasteiger partial charge in [-0.05, 0) is 62.7 Å². The lowest BCUT2D eigenvalue weighted by Gasteiger charge is -2.21. The molecule has 7 nitrogen and oxygen atoms in total. The molecule has 0 fully saturated rings. The van der Waals surface area contributed by atoms with Gasteiger partial charge in [-0.3, -0.25) is 9.59 Å². The second kappa shape index (κ2) is 11.0. The minimum absolute atomic E-state index is 0.00171. The van der Waals surface area contributed by atoms with Crippen molar-refractivity contribution in [1.29, 1.82) is 0 Å². The number of rotatable bonds is 8. The number of anilines is 2. The highest BCUT2D eigenvalue weighted by Crippen LogP contribution is 2.17. The van der Waals surface area contributed by atoms with Gasteiger partial charge in [0.2, 0.25) is 5.91 Å². The van der Waals surface area contributed by atoms with Gasteiger partial charge in [-0.1, -0.05) is 30.3 Å². The van der Waals surface area contributed by atoms with Crippen molar-refractivity contribution in [3.63, 3.8) is 0 Å². The lowest BCUT2D eigenvalue weighted by molar-refractivity contribution is -0.117. The van der Waals surface area contributed by atoms with Gasteiger partial charge in [-0.15, -0.1) is 0 Å². The number of aryl methyl sites for hydroxylation is 1. The van der Waals surface area contributed by atoms with E-state index < -0.39 is 11.9 Å². The van der Waals surface area contributed by atoms with Crippen LogP contribution in [-0.4, -0.2) is 35.9 Å². The first-order chi connectivity index (χ1) is 15.9. The second-order valence-corrected chi connectivity index (χ2v) is 7.35. The monoisotopic (exact) mass is 445 g/mol. The molecule has 3 rings (SSSR count). The Bertz CT molecular complexity index is 1130. The average Bonchev–Trinajstić information content (AvgIpc) is 2.81. The van der Waals surface area contributed by atoms with Crippen LogP contribution in [0, 0.1) is 6.92 Å². The highest BCUT2D eigenvalue weighted by atomic mass is 16.5. The molecule has 170 valence electrons. The largest absolute Gasteiger partial charge is 0.462 e. The lowest BCUT2D eigenvalue weighted by Crippen LogP contribution is -2.31. The van der Waals surface area contributed by atoms with Crippen LogP contribution in [0.2, 0.25) is 0 Å². The standard InChI is InChI=1S/C26H27N3O4/c1-4-29(21-9-7-6-8-10-21)24(30)17-19-11-13-20(14-12-19)28-25(31)23-16-15-22(18(3)27-23)26(32)33-5-2/h6-16H,4-5,17H2,1-3H3,(H,28,31). The van der Waals surface area contributed by atoms with E-state index in [1.807, 2.05) is 49.4 Å². The molecule has 0 bridgehead atoms. The molecule has 0 saturated carbocycles. The number of hydrogen-bond donors (Lipinski definition) is 1. The zero-order chi connectivity index (χ0) is 23.8. The predicted molar refractivity (Wildman–Crippen MR) is 127 cm³/mol. The van der Waals surface area contributed by atoms with Crippen molar-refractivity contribution in [1.82, 2.24) is 4.98 Å². The molecule has 0 aliphatic heterocycles. The Morgan fingerprint density at radius 2 is 1.64 bits per heavy atom. The van der Waals surface area contributed by atoms with Gasteiger partial charge in [0, 0.05) is 17.9 Å². The van der Waals surface area contributed by atoms with E-state index in [0.717, 1.165) is 11.3 Å². The molecule has 0 unspecified atom stereocenters. The van der Waals surface area contributed by atoms with E-state index in [9.17, 15) is 14.4 Å². The molecular weight excluding hydrogens is 418 g/mol. The molecule has 7 heteroatoms. The van der Waals surface area contributed by atoms with E-state index in [-0.39, 0.29) is 24.6 Å². The third-order valence-electron chi connectivity index (χ3n) is 5.07. The number of amides is 2. The van der Waals surface area contributed by atoms with Gasteiger partial charge in [0.15, 0.2) is 0 Å². The van der Waals surface area contributed by atoms with Gasteiger partial charge in [-0.25, -0.2) is 9.78 Å². The smallest absolute Gasteiger partial charge is 0.339 e. The summed E-state index contributed by atoms with van der Waals surface area (Å²) in [5.74, 6) is -0.853. The Morgan fingerprint density at radius 3 is 2.24 bits per heavy atom. The third kappa shape index (κ3) is 6.04. The molecular formula is C26H27N3O4. The van der Waals surface area contributed by atoms with Gasteiger partial charge in [0.25, 0.3) is 5.91 Å². The minimum Gasteiger partial charge on any atom is -0.462 e. The number of aromatic nitrogens is 1. The van der Waals surface area contributed by atoms with E-state index in [4.69, 9.17) is 4.74 Å². The van der Waals surface area contributed by atoms with Gasteiger partial charge in [-0.2, -0.15) is 0 Å². The molecule has 0 aliphatic carbocycles. The topological polar surface area (TPSA) is 88.6 Å². The fourth-order valence-electron chi connectivity index (χ4n) is 3.39. The number of hydrogen-bond acceptors (Lipinski definition) is 5. The van der Waals surface area contributed by atoms with Crippen molar-refractivity contribution >= 4 is 29.2 Å². The third-order valence-corrected chi connectivity index (χ3v) is 5.07. The second-order valence-electron chi connectivity index (χ2n) is 7.35. The maximum atomic E-state index is 12.8. The zero-order valence-corrected chi connectivity index (χ0v) is 19.0. The van der Waals surface area contributed by atoms with Crippen molar-refractivity contribution < 1.29 is 19.1 Å². The van der Waals surface area contributed by atoms with Crippen LogP contribution in [0.5, 0.6) is 0 Å². The number of nitrogens with zero attached hydrogens (tertiary/aromatic N) is 2. The maximum absolute atomic E-state index is 12.8. The molecule has 1 N–H and O–H groups in total. The summed E-state index contributed by atoms with van der Waals surface area (Å²) in [4.78, 5) is 43.2. The summed E-state index contributed by atoms with van der Waals surface area (Å²) in [5.41, 5.74) is 3.25. The van der Waals surface area contributed by atoms with Crippen LogP contribution in [0.25, 0.3) is 0 Å². The first-order valence-corrected chi connectivity index (χ1v) is 10.8. The molecule has 0 radical (unpaired) electrons. The normalized spacial score (nSPS) is 10.4. The maximum Gasteiger partial charge on any atom is 0.339 e. The Hall–Kier alpha value is -4.00. The van der Waals surface area contributed by atoms with E-state index in [0.29, 0.717) is 23.5 Å². The van der Waals surface area contributed by atoms with Crippen molar-refractivity contribution in [3.8, 4) is 0 Å². The summed E-state index contributed by atoms with van der Waals surface area (Å²) in [6.45, 7) is 6.18. The van der Waals surface area contributed by atoms with E-state index >= 15 is 0 Å². The van der Waals surface area contributed by atoms with Crippen LogP contribution in [0.15, 0.2) is 66.7 Å². The number of carbonyl (C=O) groups excluding carboxylic acids is 3. The number of ether oxygens (including phenoxy) is 1. The van der Waals surface area contributed by atoms with Crippen LogP contribution in [0.4, 0.5) is 11.4 Å². The fraction of sp³-hybridized carbons (Fsp3) is 0.231. The molecule has 33 heavy (non-hydrogen) atoms. The Labute approximate surface area is 193 Å². The van der Waals surface area contributed by atoms with Crippen LogP contribution in [0.1, 0.15) is 46.0 Å². The highest BCUT2D eigenvalue weighted by molar-refractivity contribution is 6.03. The van der Waals surface area contributed by atoms with Gasteiger partial charge in [0.1, 0.15) is 5.69 Å². The summed E-state index contributed by atoms with van der Waals surface area (Å²) in [7, 11) is 0. The van der Waals surface area contributed by atoms with Gasteiger partial charge < -0.3 is 15.0 Å². The highest BCUT2D eigenvalue weighted by Gasteiger charge is 2.16. The predicted octanol–water partition coefficient (Wildman–Crippen LogP) is 4.41. The molecule has 1 aromatic heterocycles. The van der Waals surface area contributed by atoms with E-state index in [2.05, 4.69) is 10.3 Å². The van der Waals surface area contributed by atoms with Crippen molar-refractivity contribution in [2.24, 2.45) is 0 Å². The Kier molecular flexibility index (Phi) is 7.91. The Balaban J connectivity index is 1.63. The fourth-order valence-corrected chi connectivity index (χ4v) is 3.39. The van der Waals surface area contributed by atoms with Crippen molar-refractivity contribution in [2.75, 3.05) is 23.4 Å². The van der Waals surface area contributed by atoms with Crippen LogP contribution < -0.4 is 10.2 Å². The summed E-state index contributed by atoms with van der Waals surface area (Å²) in [6, 6.07) is 19.7.